The minimum absolute atomic E-state index is 0.141. The summed E-state index contributed by atoms with van der Waals surface area (Å²) in [5.74, 6) is 1.06. The van der Waals surface area contributed by atoms with Crippen LogP contribution in [0.2, 0.25) is 0 Å². The number of ether oxygens (including phenoxy) is 1. The molecule has 0 saturated heterocycles. The minimum atomic E-state index is -0.464. The van der Waals surface area contributed by atoms with Crippen molar-refractivity contribution in [2.45, 2.75) is 18.8 Å². The summed E-state index contributed by atoms with van der Waals surface area (Å²) < 4.78 is 21.5. The third kappa shape index (κ3) is 2.88. The molecule has 0 radical (unpaired) electrons. The van der Waals surface area contributed by atoms with Crippen molar-refractivity contribution in [1.29, 1.82) is 0 Å². The Morgan fingerprint density at radius 2 is 2.04 bits per heavy atom. The second-order valence-electron chi connectivity index (χ2n) is 5.62. The largest absolute Gasteiger partial charge is 0.436 e. The molecule has 0 spiro atoms. The Kier molecular flexibility index (Phi) is 3.22. The fraction of sp³-hybridized carbons (Fsp3) is 0.176. The maximum atomic E-state index is 14.3. The van der Waals surface area contributed by atoms with Gasteiger partial charge in [-0.1, -0.05) is 0 Å². The molecule has 116 valence electrons. The van der Waals surface area contributed by atoms with E-state index in [9.17, 15) is 4.39 Å². The Bertz CT molecular complexity index is 857. The van der Waals surface area contributed by atoms with E-state index in [1.807, 2.05) is 12.1 Å². The lowest BCUT2D eigenvalue weighted by Gasteiger charge is -2.09. The number of rotatable bonds is 4. The first-order chi connectivity index (χ1) is 11.2. The first-order valence-electron chi connectivity index (χ1n) is 7.42. The highest BCUT2D eigenvalue weighted by molar-refractivity contribution is 5.42. The molecule has 1 fully saturated rings. The summed E-state index contributed by atoms with van der Waals surface area (Å²) in [7, 11) is 0. The van der Waals surface area contributed by atoms with E-state index in [0.717, 1.165) is 0 Å². The Labute approximate surface area is 132 Å². The van der Waals surface area contributed by atoms with E-state index in [1.165, 1.54) is 30.8 Å². The topological polar surface area (TPSA) is 66.0 Å². The van der Waals surface area contributed by atoms with Crippen molar-refractivity contribution in [3.05, 3.63) is 60.4 Å². The molecule has 5 nitrogen and oxygen atoms in total. The van der Waals surface area contributed by atoms with E-state index >= 15 is 0 Å². The van der Waals surface area contributed by atoms with Gasteiger partial charge in [-0.3, -0.25) is 0 Å². The maximum absolute atomic E-state index is 14.3. The van der Waals surface area contributed by atoms with E-state index in [0.29, 0.717) is 23.3 Å². The molecule has 1 aliphatic carbocycles. The third-order valence-electron chi connectivity index (χ3n) is 3.84. The SMILES string of the molecule is Nc1cn(-c2ccc(Oc3cc(C4CC4)ccn3)c(F)c2)cn1. The van der Waals surface area contributed by atoms with Crippen LogP contribution in [-0.4, -0.2) is 14.5 Å². The highest BCUT2D eigenvalue weighted by Crippen LogP contribution is 2.41. The van der Waals surface area contributed by atoms with Gasteiger partial charge in [0.25, 0.3) is 0 Å². The van der Waals surface area contributed by atoms with Crippen molar-refractivity contribution in [2.75, 3.05) is 5.73 Å². The Balaban J connectivity index is 1.58. The molecular weight excluding hydrogens is 295 g/mol. The molecule has 2 heterocycles. The molecule has 2 aromatic heterocycles. The van der Waals surface area contributed by atoms with Gasteiger partial charge in [-0.25, -0.2) is 14.4 Å². The summed E-state index contributed by atoms with van der Waals surface area (Å²) in [5.41, 5.74) is 7.39. The number of hydrogen-bond acceptors (Lipinski definition) is 4. The summed E-state index contributed by atoms with van der Waals surface area (Å²) in [6.45, 7) is 0. The quantitative estimate of drug-likeness (QED) is 0.798. The summed E-state index contributed by atoms with van der Waals surface area (Å²) in [6.07, 6.45) is 7.24. The Hall–Kier alpha value is -2.89. The molecule has 0 atom stereocenters. The molecule has 2 N–H and O–H groups in total. The van der Waals surface area contributed by atoms with E-state index in [-0.39, 0.29) is 5.75 Å². The van der Waals surface area contributed by atoms with Gasteiger partial charge in [-0.15, -0.1) is 0 Å². The predicted molar refractivity (Wildman–Crippen MR) is 84.2 cm³/mol. The van der Waals surface area contributed by atoms with Crippen molar-refractivity contribution in [3.63, 3.8) is 0 Å². The fourth-order valence-electron chi connectivity index (χ4n) is 2.48. The molecule has 0 amide bonds. The zero-order valence-electron chi connectivity index (χ0n) is 12.3. The second-order valence-corrected chi connectivity index (χ2v) is 5.62. The van der Waals surface area contributed by atoms with Gasteiger partial charge < -0.3 is 15.0 Å². The number of imidazole rings is 1. The lowest BCUT2D eigenvalue weighted by atomic mass is 10.2. The molecule has 0 bridgehead atoms. The molecular formula is C17H15FN4O. The Morgan fingerprint density at radius 3 is 2.74 bits per heavy atom. The standard InChI is InChI=1S/C17H15FN4O/c18-14-8-13(22-9-16(19)21-10-22)3-4-15(14)23-17-7-12(5-6-20-17)11-1-2-11/h3-11H,1-2,19H2. The van der Waals surface area contributed by atoms with Crippen LogP contribution in [0.15, 0.2) is 49.1 Å². The number of hydrogen-bond donors (Lipinski definition) is 1. The van der Waals surface area contributed by atoms with Crippen molar-refractivity contribution in [1.82, 2.24) is 14.5 Å². The number of pyridine rings is 1. The second kappa shape index (κ2) is 5.39. The van der Waals surface area contributed by atoms with Crippen LogP contribution < -0.4 is 10.5 Å². The van der Waals surface area contributed by atoms with Crippen molar-refractivity contribution >= 4 is 5.82 Å². The number of halogens is 1. The highest BCUT2D eigenvalue weighted by atomic mass is 19.1. The van der Waals surface area contributed by atoms with Crippen molar-refractivity contribution < 1.29 is 9.13 Å². The van der Waals surface area contributed by atoms with Gasteiger partial charge in [0.05, 0.1) is 6.20 Å². The van der Waals surface area contributed by atoms with Gasteiger partial charge in [0.1, 0.15) is 12.1 Å². The lowest BCUT2D eigenvalue weighted by Crippen LogP contribution is -1.95. The van der Waals surface area contributed by atoms with Crippen LogP contribution in [0.5, 0.6) is 11.6 Å². The van der Waals surface area contributed by atoms with Crippen LogP contribution in [0.3, 0.4) is 0 Å². The van der Waals surface area contributed by atoms with Crippen molar-refractivity contribution in [3.8, 4) is 17.3 Å². The van der Waals surface area contributed by atoms with E-state index < -0.39 is 5.82 Å². The van der Waals surface area contributed by atoms with Gasteiger partial charge in [0, 0.05) is 24.0 Å². The summed E-state index contributed by atoms with van der Waals surface area (Å²) >= 11 is 0. The summed E-state index contributed by atoms with van der Waals surface area (Å²) in [6, 6.07) is 8.55. The number of aromatic nitrogens is 3. The van der Waals surface area contributed by atoms with Gasteiger partial charge in [-0.05, 0) is 42.5 Å². The van der Waals surface area contributed by atoms with Gasteiger partial charge >= 0.3 is 0 Å². The molecule has 3 aromatic rings. The van der Waals surface area contributed by atoms with Crippen LogP contribution in [0, 0.1) is 5.82 Å². The highest BCUT2D eigenvalue weighted by Gasteiger charge is 2.24. The number of nitrogens with zero attached hydrogens (tertiary/aromatic N) is 3. The fourth-order valence-corrected chi connectivity index (χ4v) is 2.48. The molecule has 1 aromatic carbocycles. The van der Waals surface area contributed by atoms with Gasteiger partial charge in [0.15, 0.2) is 11.6 Å². The molecule has 1 saturated carbocycles. The first kappa shape index (κ1) is 13.8. The normalized spacial score (nSPS) is 14.0. The van der Waals surface area contributed by atoms with Crippen molar-refractivity contribution in [2.24, 2.45) is 0 Å². The number of benzene rings is 1. The number of nitrogen functional groups attached to an aromatic ring is 1. The third-order valence-corrected chi connectivity index (χ3v) is 3.84. The smallest absolute Gasteiger partial charge is 0.219 e. The summed E-state index contributed by atoms with van der Waals surface area (Å²) in [5, 5.41) is 0. The molecule has 1 aliphatic rings. The van der Waals surface area contributed by atoms with Crippen LogP contribution in [0.25, 0.3) is 5.69 Å². The average Bonchev–Trinajstić information content (AvgIpc) is 3.31. The number of nitrogens with two attached hydrogens (primary N) is 1. The van der Waals surface area contributed by atoms with Gasteiger partial charge in [-0.2, -0.15) is 0 Å². The van der Waals surface area contributed by atoms with Crippen LogP contribution in [0.1, 0.15) is 24.3 Å². The van der Waals surface area contributed by atoms with Crippen LogP contribution in [-0.2, 0) is 0 Å². The first-order valence-corrected chi connectivity index (χ1v) is 7.42. The molecule has 0 aliphatic heterocycles. The average molecular weight is 310 g/mol. The van der Waals surface area contributed by atoms with Gasteiger partial charge in [0.2, 0.25) is 5.88 Å². The number of anilines is 1. The monoisotopic (exact) mass is 310 g/mol. The van der Waals surface area contributed by atoms with E-state index in [2.05, 4.69) is 9.97 Å². The predicted octanol–water partition coefficient (Wildman–Crippen LogP) is 3.66. The lowest BCUT2D eigenvalue weighted by molar-refractivity contribution is 0.427. The Morgan fingerprint density at radius 1 is 1.17 bits per heavy atom. The molecule has 0 unspecified atom stereocenters. The molecule has 6 heteroatoms. The molecule has 4 rings (SSSR count). The zero-order chi connectivity index (χ0) is 15.8. The van der Waals surface area contributed by atoms with Crippen LogP contribution in [0.4, 0.5) is 10.2 Å². The minimum Gasteiger partial charge on any atom is -0.436 e. The maximum Gasteiger partial charge on any atom is 0.219 e. The summed E-state index contributed by atoms with van der Waals surface area (Å²) in [4.78, 5) is 8.07. The van der Waals surface area contributed by atoms with E-state index in [4.69, 9.17) is 10.5 Å². The van der Waals surface area contributed by atoms with E-state index in [1.54, 1.807) is 29.1 Å². The zero-order valence-corrected chi connectivity index (χ0v) is 12.3. The molecule has 23 heavy (non-hydrogen) atoms. The van der Waals surface area contributed by atoms with Crippen LogP contribution >= 0.6 is 0 Å².